The largest absolute Gasteiger partial charge is 0.443 e. The molecule has 0 fully saturated rings. The predicted molar refractivity (Wildman–Crippen MR) is 127 cm³/mol. The van der Waals surface area contributed by atoms with Gasteiger partial charge >= 0.3 is 6.09 Å². The first-order valence-corrected chi connectivity index (χ1v) is 10.8. The van der Waals surface area contributed by atoms with E-state index in [9.17, 15) is 9.59 Å². The third kappa shape index (κ3) is 7.89. The standard InChI is InChI=1S/C24H30ClN3O4/c1-7-28(23(30)32-24(4,5)6)19-11-12-21(20(25)14-19)31-22-13-10-18(15-26-22)9-8-16(2)27-17(3)29/h8-16H,7H2,1-6H3,(H,27,29)/t16-/m0/s1. The maximum Gasteiger partial charge on any atom is 0.414 e. The smallest absolute Gasteiger partial charge is 0.414 e. The van der Waals surface area contributed by atoms with Crippen LogP contribution in [0.5, 0.6) is 11.6 Å². The van der Waals surface area contributed by atoms with Crippen molar-refractivity contribution in [2.45, 2.75) is 53.2 Å². The Balaban J connectivity index is 2.08. The van der Waals surface area contributed by atoms with E-state index in [-0.39, 0.29) is 11.9 Å². The summed E-state index contributed by atoms with van der Waals surface area (Å²) in [4.78, 5) is 29.3. The number of carbonyl (C=O) groups is 2. The minimum absolute atomic E-state index is 0.0795. The highest BCUT2D eigenvalue weighted by Gasteiger charge is 2.23. The van der Waals surface area contributed by atoms with Crippen LogP contribution in [0.2, 0.25) is 5.02 Å². The lowest BCUT2D eigenvalue weighted by molar-refractivity contribution is -0.119. The number of aromatic nitrogens is 1. The molecule has 1 aromatic carbocycles. The molecule has 8 heteroatoms. The van der Waals surface area contributed by atoms with Crippen molar-refractivity contribution in [3.8, 4) is 11.6 Å². The summed E-state index contributed by atoms with van der Waals surface area (Å²) in [7, 11) is 0. The molecule has 0 unspecified atom stereocenters. The van der Waals surface area contributed by atoms with Gasteiger partial charge in [0.2, 0.25) is 11.8 Å². The molecule has 1 atom stereocenters. The van der Waals surface area contributed by atoms with Gasteiger partial charge in [0.1, 0.15) is 11.4 Å². The summed E-state index contributed by atoms with van der Waals surface area (Å²) < 4.78 is 11.2. The first-order chi connectivity index (χ1) is 15.0. The van der Waals surface area contributed by atoms with Crippen LogP contribution in [-0.4, -0.2) is 35.2 Å². The minimum atomic E-state index is -0.591. The lowest BCUT2D eigenvalue weighted by atomic mass is 10.2. The number of ether oxygens (including phenoxy) is 2. The minimum Gasteiger partial charge on any atom is -0.443 e. The summed E-state index contributed by atoms with van der Waals surface area (Å²) in [5.74, 6) is 0.719. The van der Waals surface area contributed by atoms with Crippen LogP contribution in [0.25, 0.3) is 6.08 Å². The molecule has 0 saturated heterocycles. The molecule has 0 bridgehead atoms. The van der Waals surface area contributed by atoms with Gasteiger partial charge in [0.15, 0.2) is 0 Å². The molecule has 0 radical (unpaired) electrons. The fourth-order valence-corrected chi connectivity index (χ4v) is 2.98. The van der Waals surface area contributed by atoms with E-state index < -0.39 is 11.7 Å². The molecule has 1 N–H and O–H groups in total. The van der Waals surface area contributed by atoms with Gasteiger partial charge in [0.05, 0.1) is 5.02 Å². The highest BCUT2D eigenvalue weighted by molar-refractivity contribution is 6.32. The normalized spacial score (nSPS) is 12.3. The Morgan fingerprint density at radius 3 is 2.50 bits per heavy atom. The number of hydrogen-bond acceptors (Lipinski definition) is 5. The summed E-state index contributed by atoms with van der Waals surface area (Å²) in [6, 6.07) is 8.59. The van der Waals surface area contributed by atoms with Gasteiger partial charge in [-0.2, -0.15) is 0 Å². The van der Waals surface area contributed by atoms with Crippen LogP contribution in [0.1, 0.15) is 47.1 Å². The van der Waals surface area contributed by atoms with Crippen LogP contribution in [0.15, 0.2) is 42.6 Å². The van der Waals surface area contributed by atoms with Crippen LogP contribution in [0, 0.1) is 0 Å². The molecule has 7 nitrogen and oxygen atoms in total. The van der Waals surface area contributed by atoms with Crippen molar-refractivity contribution >= 4 is 35.4 Å². The van der Waals surface area contributed by atoms with Gasteiger partial charge < -0.3 is 14.8 Å². The van der Waals surface area contributed by atoms with Crippen molar-refractivity contribution in [1.82, 2.24) is 10.3 Å². The second kappa shape index (κ2) is 11.0. The van der Waals surface area contributed by atoms with Gasteiger partial charge in [-0.05, 0) is 64.4 Å². The molecular formula is C24H30ClN3O4. The SMILES string of the molecule is CCN(C(=O)OC(C)(C)C)c1ccc(Oc2ccc(C=C[C@H](C)NC(C)=O)cn2)c(Cl)c1. The Kier molecular flexibility index (Phi) is 8.66. The quantitative estimate of drug-likeness (QED) is 0.563. The average molecular weight is 460 g/mol. The number of rotatable bonds is 7. The topological polar surface area (TPSA) is 80.8 Å². The Morgan fingerprint density at radius 1 is 1.25 bits per heavy atom. The zero-order valence-electron chi connectivity index (χ0n) is 19.3. The molecule has 2 aromatic rings. The number of pyridine rings is 1. The Hall–Kier alpha value is -3.06. The third-order valence-electron chi connectivity index (χ3n) is 4.14. The maximum absolute atomic E-state index is 12.5. The number of amides is 2. The van der Waals surface area contributed by atoms with Crippen LogP contribution in [0.4, 0.5) is 10.5 Å². The molecule has 0 spiro atoms. The summed E-state index contributed by atoms with van der Waals surface area (Å²) in [5, 5.41) is 3.13. The molecule has 1 heterocycles. The molecule has 172 valence electrons. The second-order valence-corrected chi connectivity index (χ2v) is 8.63. The van der Waals surface area contributed by atoms with Gasteiger partial charge in [0, 0.05) is 37.5 Å². The van der Waals surface area contributed by atoms with E-state index in [1.54, 1.807) is 30.5 Å². The van der Waals surface area contributed by atoms with Crippen molar-refractivity contribution in [3.63, 3.8) is 0 Å². The Labute approximate surface area is 194 Å². The number of hydrogen-bond donors (Lipinski definition) is 1. The number of nitrogens with zero attached hydrogens (tertiary/aromatic N) is 2. The molecule has 0 aliphatic heterocycles. The first-order valence-electron chi connectivity index (χ1n) is 10.4. The lowest BCUT2D eigenvalue weighted by Gasteiger charge is -2.26. The molecule has 0 saturated carbocycles. The lowest BCUT2D eigenvalue weighted by Crippen LogP contribution is -2.36. The Morgan fingerprint density at radius 2 is 1.97 bits per heavy atom. The van der Waals surface area contributed by atoms with Crippen molar-refractivity contribution in [2.24, 2.45) is 0 Å². The van der Waals surface area contributed by atoms with E-state index in [2.05, 4.69) is 10.3 Å². The van der Waals surface area contributed by atoms with Crippen LogP contribution in [-0.2, 0) is 9.53 Å². The molecule has 2 rings (SSSR count). The van der Waals surface area contributed by atoms with Crippen LogP contribution >= 0.6 is 11.6 Å². The molecule has 0 aliphatic carbocycles. The van der Waals surface area contributed by atoms with Crippen molar-refractivity contribution in [3.05, 3.63) is 53.2 Å². The number of nitrogens with one attached hydrogen (secondary N) is 1. The third-order valence-corrected chi connectivity index (χ3v) is 4.43. The van der Waals surface area contributed by atoms with Crippen molar-refractivity contribution in [1.29, 1.82) is 0 Å². The molecule has 32 heavy (non-hydrogen) atoms. The van der Waals surface area contributed by atoms with E-state index in [0.29, 0.717) is 28.9 Å². The summed E-state index contributed by atoms with van der Waals surface area (Å²) in [5.41, 5.74) is 0.889. The van der Waals surface area contributed by atoms with E-state index >= 15 is 0 Å². The molecular weight excluding hydrogens is 430 g/mol. The van der Waals surface area contributed by atoms with Crippen LogP contribution in [0.3, 0.4) is 0 Å². The van der Waals surface area contributed by atoms with E-state index in [1.807, 2.05) is 52.8 Å². The second-order valence-electron chi connectivity index (χ2n) is 8.22. The average Bonchev–Trinajstić information content (AvgIpc) is 2.68. The first kappa shape index (κ1) is 25.2. The van der Waals surface area contributed by atoms with Gasteiger partial charge in [-0.15, -0.1) is 0 Å². The molecule has 1 aromatic heterocycles. The van der Waals surface area contributed by atoms with E-state index in [4.69, 9.17) is 21.1 Å². The van der Waals surface area contributed by atoms with Gasteiger partial charge in [-0.1, -0.05) is 23.8 Å². The van der Waals surface area contributed by atoms with E-state index in [0.717, 1.165) is 5.56 Å². The van der Waals surface area contributed by atoms with Crippen molar-refractivity contribution < 1.29 is 19.1 Å². The van der Waals surface area contributed by atoms with Crippen molar-refractivity contribution in [2.75, 3.05) is 11.4 Å². The predicted octanol–water partition coefficient (Wildman–Crippen LogP) is 5.83. The molecule has 2 amide bonds. The highest BCUT2D eigenvalue weighted by atomic mass is 35.5. The van der Waals surface area contributed by atoms with E-state index in [1.165, 1.54) is 11.8 Å². The summed E-state index contributed by atoms with van der Waals surface area (Å²) in [6.07, 6.45) is 4.96. The zero-order chi connectivity index (χ0) is 23.9. The van der Waals surface area contributed by atoms with Crippen LogP contribution < -0.4 is 15.0 Å². The fourth-order valence-electron chi connectivity index (χ4n) is 2.76. The van der Waals surface area contributed by atoms with Gasteiger partial charge in [0.25, 0.3) is 0 Å². The summed E-state index contributed by atoms with van der Waals surface area (Å²) in [6.45, 7) is 11.1. The summed E-state index contributed by atoms with van der Waals surface area (Å²) >= 11 is 6.40. The molecule has 0 aliphatic rings. The van der Waals surface area contributed by atoms with Gasteiger partial charge in [-0.3, -0.25) is 9.69 Å². The monoisotopic (exact) mass is 459 g/mol. The maximum atomic E-state index is 12.5. The number of carbonyl (C=O) groups excluding carboxylic acids is 2. The number of halogens is 1. The number of benzene rings is 1. The Bertz CT molecular complexity index is 968. The van der Waals surface area contributed by atoms with Gasteiger partial charge in [-0.25, -0.2) is 9.78 Å². The number of anilines is 1. The highest BCUT2D eigenvalue weighted by Crippen LogP contribution is 2.32. The fraction of sp³-hybridized carbons (Fsp3) is 0.375. The zero-order valence-corrected chi connectivity index (χ0v) is 20.1.